The second kappa shape index (κ2) is 12.5. The largest absolute Gasteiger partial charge is 0.355 e. The third-order valence-electron chi connectivity index (χ3n) is 10.1. The number of hydrogen-bond donors (Lipinski definition) is 0. The Morgan fingerprint density at radius 1 is 0.588 bits per heavy atom. The van der Waals surface area contributed by atoms with Crippen LogP contribution in [0.2, 0.25) is 0 Å². The van der Waals surface area contributed by atoms with E-state index in [1.54, 1.807) is 0 Å². The van der Waals surface area contributed by atoms with Crippen molar-refractivity contribution in [3.05, 3.63) is 169 Å². The first kappa shape index (κ1) is 30.7. The minimum atomic E-state index is 0.414. The third kappa shape index (κ3) is 5.29. The van der Waals surface area contributed by atoms with Crippen LogP contribution in [0.15, 0.2) is 164 Å². The summed E-state index contributed by atoms with van der Waals surface area (Å²) in [7, 11) is 2.15. The SMILES string of the molecule is CC(C)c1ccccc1-c1ccnc(-n2c3ccccc3c3ccc(N(c4ccccc4)c4cccc(N5CN(C)c6ccccc65)c4)cc32)c1. The number of aromatic nitrogens is 2. The lowest BCUT2D eigenvalue weighted by atomic mass is 9.93. The zero-order valence-electron chi connectivity index (χ0n) is 29.1. The molecule has 5 heteroatoms. The molecule has 6 aromatic carbocycles. The highest BCUT2D eigenvalue weighted by atomic mass is 15.4. The van der Waals surface area contributed by atoms with E-state index < -0.39 is 0 Å². The quantitative estimate of drug-likeness (QED) is 0.170. The summed E-state index contributed by atoms with van der Waals surface area (Å²) >= 11 is 0. The Hall–Kier alpha value is -6.33. The molecule has 0 unspecified atom stereocenters. The summed E-state index contributed by atoms with van der Waals surface area (Å²) in [6.45, 7) is 5.31. The second-order valence-electron chi connectivity index (χ2n) is 13.6. The van der Waals surface area contributed by atoms with Gasteiger partial charge in [-0.15, -0.1) is 0 Å². The number of fused-ring (bicyclic) bond motifs is 4. The molecule has 248 valence electrons. The van der Waals surface area contributed by atoms with Gasteiger partial charge in [0.05, 0.1) is 29.1 Å². The number of benzene rings is 6. The average molecular weight is 662 g/mol. The van der Waals surface area contributed by atoms with Crippen molar-refractivity contribution < 1.29 is 0 Å². The number of pyridine rings is 1. The molecule has 9 rings (SSSR count). The van der Waals surface area contributed by atoms with Crippen molar-refractivity contribution in [2.75, 3.05) is 28.4 Å². The monoisotopic (exact) mass is 661 g/mol. The van der Waals surface area contributed by atoms with Gasteiger partial charge < -0.3 is 14.7 Å². The van der Waals surface area contributed by atoms with E-state index in [2.05, 4.69) is 198 Å². The van der Waals surface area contributed by atoms with E-state index in [1.165, 1.54) is 38.8 Å². The minimum Gasteiger partial charge on any atom is -0.355 e. The summed E-state index contributed by atoms with van der Waals surface area (Å²) in [5.74, 6) is 1.32. The van der Waals surface area contributed by atoms with Gasteiger partial charge in [0.25, 0.3) is 0 Å². The molecule has 51 heavy (non-hydrogen) atoms. The van der Waals surface area contributed by atoms with E-state index in [-0.39, 0.29) is 0 Å². The molecular formula is C46H39N5. The van der Waals surface area contributed by atoms with Crippen LogP contribution in [-0.4, -0.2) is 23.3 Å². The molecule has 0 saturated carbocycles. The first-order valence-electron chi connectivity index (χ1n) is 17.7. The summed E-state index contributed by atoms with van der Waals surface area (Å²) in [4.78, 5) is 12.0. The molecule has 0 atom stereocenters. The highest BCUT2D eigenvalue weighted by Crippen LogP contribution is 2.44. The van der Waals surface area contributed by atoms with Gasteiger partial charge in [-0.1, -0.05) is 98.8 Å². The lowest BCUT2D eigenvalue weighted by Gasteiger charge is -2.27. The van der Waals surface area contributed by atoms with Crippen LogP contribution in [0.3, 0.4) is 0 Å². The molecule has 5 nitrogen and oxygen atoms in total. The van der Waals surface area contributed by atoms with Crippen molar-refractivity contribution in [1.82, 2.24) is 9.55 Å². The molecule has 0 aliphatic carbocycles. The Morgan fingerprint density at radius 3 is 2.16 bits per heavy atom. The first-order chi connectivity index (χ1) is 25.0. The lowest BCUT2D eigenvalue weighted by Crippen LogP contribution is -2.24. The average Bonchev–Trinajstić information content (AvgIpc) is 3.70. The van der Waals surface area contributed by atoms with Crippen LogP contribution in [0, 0.1) is 0 Å². The highest BCUT2D eigenvalue weighted by Gasteiger charge is 2.25. The fraction of sp³-hybridized carbons (Fsp3) is 0.109. The van der Waals surface area contributed by atoms with Gasteiger partial charge in [-0.25, -0.2) is 4.98 Å². The summed E-state index contributed by atoms with van der Waals surface area (Å²) in [5.41, 5.74) is 12.9. The predicted molar refractivity (Wildman–Crippen MR) is 215 cm³/mol. The van der Waals surface area contributed by atoms with Gasteiger partial charge in [-0.3, -0.25) is 4.57 Å². The number of rotatable bonds is 7. The maximum Gasteiger partial charge on any atom is 0.138 e. The van der Waals surface area contributed by atoms with E-state index >= 15 is 0 Å². The summed E-state index contributed by atoms with van der Waals surface area (Å²) in [6, 6.07) is 56.8. The van der Waals surface area contributed by atoms with Crippen LogP contribution in [-0.2, 0) is 0 Å². The maximum atomic E-state index is 4.99. The molecule has 1 aliphatic heterocycles. The van der Waals surface area contributed by atoms with Crippen LogP contribution >= 0.6 is 0 Å². The van der Waals surface area contributed by atoms with E-state index in [9.17, 15) is 0 Å². The predicted octanol–water partition coefficient (Wildman–Crippen LogP) is 12.0. The number of nitrogens with zero attached hydrogens (tertiary/aromatic N) is 5. The first-order valence-corrected chi connectivity index (χ1v) is 17.7. The lowest BCUT2D eigenvalue weighted by molar-refractivity contribution is 0.869. The molecule has 0 radical (unpaired) electrons. The van der Waals surface area contributed by atoms with Crippen LogP contribution in [0.25, 0.3) is 38.8 Å². The van der Waals surface area contributed by atoms with E-state index in [0.29, 0.717) is 5.92 Å². The Labute approximate surface area is 299 Å². The fourth-order valence-electron chi connectivity index (χ4n) is 7.74. The molecule has 0 saturated heterocycles. The normalized spacial score (nSPS) is 12.6. The van der Waals surface area contributed by atoms with Crippen molar-refractivity contribution in [2.24, 2.45) is 0 Å². The fourth-order valence-corrected chi connectivity index (χ4v) is 7.74. The molecular weight excluding hydrogens is 623 g/mol. The van der Waals surface area contributed by atoms with Gasteiger partial charge >= 0.3 is 0 Å². The zero-order valence-corrected chi connectivity index (χ0v) is 29.1. The molecule has 3 heterocycles. The Bertz CT molecular complexity index is 2530. The standard InChI is InChI=1S/C46H39N5/c1-32(2)38-18-7-8-19-39(38)33-26-27-47-46(28-33)51-42-21-10-9-20-40(42)41-25-24-37(30-45(41)51)50(34-14-5-4-6-15-34)36-17-13-16-35(29-36)49-31-48(3)43-22-11-12-23-44(43)49/h4-30,32H,31H2,1-3H3. The van der Waals surface area contributed by atoms with Crippen LogP contribution in [0.4, 0.5) is 34.1 Å². The van der Waals surface area contributed by atoms with Crippen LogP contribution < -0.4 is 14.7 Å². The number of anilines is 6. The third-order valence-corrected chi connectivity index (χ3v) is 10.1. The smallest absolute Gasteiger partial charge is 0.138 e. The summed E-state index contributed by atoms with van der Waals surface area (Å²) in [5, 5.41) is 2.40. The molecule has 0 spiro atoms. The molecule has 0 bridgehead atoms. The van der Waals surface area contributed by atoms with Crippen molar-refractivity contribution in [2.45, 2.75) is 19.8 Å². The van der Waals surface area contributed by atoms with Crippen molar-refractivity contribution >= 4 is 55.9 Å². The zero-order chi connectivity index (χ0) is 34.5. The van der Waals surface area contributed by atoms with Crippen molar-refractivity contribution in [3.8, 4) is 16.9 Å². The Kier molecular flexibility index (Phi) is 7.54. The van der Waals surface area contributed by atoms with Gasteiger partial charge in [-0.05, 0) is 95.4 Å². The minimum absolute atomic E-state index is 0.414. The molecule has 2 aromatic heterocycles. The Morgan fingerprint density at radius 2 is 1.29 bits per heavy atom. The molecule has 8 aromatic rings. The number of hydrogen-bond acceptors (Lipinski definition) is 4. The van der Waals surface area contributed by atoms with Gasteiger partial charge in [0.15, 0.2) is 0 Å². The molecule has 0 N–H and O–H groups in total. The van der Waals surface area contributed by atoms with E-state index in [0.717, 1.165) is 46.3 Å². The van der Waals surface area contributed by atoms with Gasteiger partial charge in [0, 0.05) is 46.8 Å². The van der Waals surface area contributed by atoms with Crippen LogP contribution in [0.1, 0.15) is 25.3 Å². The second-order valence-corrected chi connectivity index (χ2v) is 13.6. The molecule has 0 amide bonds. The van der Waals surface area contributed by atoms with Crippen molar-refractivity contribution in [3.63, 3.8) is 0 Å². The van der Waals surface area contributed by atoms with E-state index in [1.807, 2.05) is 6.20 Å². The van der Waals surface area contributed by atoms with Gasteiger partial charge in [0.1, 0.15) is 5.82 Å². The van der Waals surface area contributed by atoms with Crippen LogP contribution in [0.5, 0.6) is 0 Å². The topological polar surface area (TPSA) is 27.5 Å². The van der Waals surface area contributed by atoms with Crippen molar-refractivity contribution in [1.29, 1.82) is 0 Å². The summed E-state index contributed by atoms with van der Waals surface area (Å²) in [6.07, 6.45) is 1.95. The highest BCUT2D eigenvalue weighted by molar-refractivity contribution is 6.10. The van der Waals surface area contributed by atoms with E-state index in [4.69, 9.17) is 4.98 Å². The number of para-hydroxylation sites is 4. The summed E-state index contributed by atoms with van der Waals surface area (Å²) < 4.78 is 2.33. The molecule has 0 fully saturated rings. The Balaban J connectivity index is 1.22. The maximum absolute atomic E-state index is 4.99. The molecule has 1 aliphatic rings. The van der Waals surface area contributed by atoms with Gasteiger partial charge in [0.2, 0.25) is 0 Å². The van der Waals surface area contributed by atoms with Gasteiger partial charge in [-0.2, -0.15) is 0 Å².